The van der Waals surface area contributed by atoms with Gasteiger partial charge in [0.05, 0.1) is 25.0 Å². The number of nitrogens with zero attached hydrogens (tertiary/aromatic N) is 4. The standard InChI is InChI=1S/C25H25ClN6O4/c1-25(24(35)28-11-15-3-8-18(36-2)9-4-15)13-31-14-29-20(21(31)23(34)32(25)17-6-7-17)22(33)30-19-10-5-16(26)12-27-19/h3-5,8-10,12,14,17H,6-7,11,13H2,1-2H3,(H,28,35)(H,27,30,33)/t25-/m0/s1. The number of pyridine rings is 1. The highest BCUT2D eigenvalue weighted by molar-refractivity contribution is 6.30. The van der Waals surface area contributed by atoms with Gasteiger partial charge in [-0.15, -0.1) is 0 Å². The van der Waals surface area contributed by atoms with Crippen molar-refractivity contribution < 1.29 is 19.1 Å². The Kier molecular flexibility index (Phi) is 6.13. The van der Waals surface area contributed by atoms with Crippen molar-refractivity contribution >= 4 is 35.1 Å². The Hall–Kier alpha value is -3.92. The van der Waals surface area contributed by atoms with Gasteiger partial charge < -0.3 is 24.8 Å². The van der Waals surface area contributed by atoms with Gasteiger partial charge in [0.15, 0.2) is 5.69 Å². The quantitative estimate of drug-likeness (QED) is 0.506. The van der Waals surface area contributed by atoms with Crippen LogP contribution in [0.5, 0.6) is 5.75 Å². The zero-order chi connectivity index (χ0) is 25.4. The van der Waals surface area contributed by atoms with Gasteiger partial charge in [-0.25, -0.2) is 9.97 Å². The van der Waals surface area contributed by atoms with Crippen molar-refractivity contribution in [3.05, 3.63) is 70.9 Å². The number of imidazole rings is 1. The molecule has 0 radical (unpaired) electrons. The Morgan fingerprint density at radius 2 is 1.92 bits per heavy atom. The van der Waals surface area contributed by atoms with Crippen molar-refractivity contribution in [1.82, 2.24) is 24.8 Å². The number of carbonyl (C=O) groups is 3. The summed E-state index contributed by atoms with van der Waals surface area (Å²) in [6.45, 7) is 2.25. The van der Waals surface area contributed by atoms with Crippen molar-refractivity contribution in [1.29, 1.82) is 0 Å². The van der Waals surface area contributed by atoms with Gasteiger partial charge in [0.25, 0.3) is 11.8 Å². The first-order chi connectivity index (χ1) is 17.3. The lowest BCUT2D eigenvalue weighted by atomic mass is 9.93. The molecule has 1 saturated carbocycles. The lowest BCUT2D eigenvalue weighted by molar-refractivity contribution is -0.133. The molecule has 11 heteroatoms. The Morgan fingerprint density at radius 1 is 1.17 bits per heavy atom. The molecule has 1 aliphatic carbocycles. The minimum atomic E-state index is -1.14. The number of fused-ring (bicyclic) bond motifs is 1. The van der Waals surface area contributed by atoms with E-state index in [1.807, 2.05) is 24.3 Å². The number of nitrogens with one attached hydrogen (secondary N) is 2. The van der Waals surface area contributed by atoms with Crippen LogP contribution in [0, 0.1) is 0 Å². The number of ether oxygens (including phenoxy) is 1. The van der Waals surface area contributed by atoms with Crippen LogP contribution in [0.4, 0.5) is 5.82 Å². The van der Waals surface area contributed by atoms with Crippen LogP contribution in [0.15, 0.2) is 48.9 Å². The summed E-state index contributed by atoms with van der Waals surface area (Å²) in [5.41, 5.74) is -0.0768. The van der Waals surface area contributed by atoms with Gasteiger partial charge in [-0.05, 0) is 49.6 Å². The minimum Gasteiger partial charge on any atom is -0.497 e. The number of halogens is 1. The first-order valence-electron chi connectivity index (χ1n) is 11.5. The molecule has 0 spiro atoms. The molecule has 1 atom stereocenters. The van der Waals surface area contributed by atoms with Crippen LogP contribution in [0.3, 0.4) is 0 Å². The van der Waals surface area contributed by atoms with Crippen molar-refractivity contribution in [3.63, 3.8) is 0 Å². The van der Waals surface area contributed by atoms with E-state index in [1.54, 1.807) is 35.6 Å². The average Bonchev–Trinajstić information content (AvgIpc) is 3.61. The van der Waals surface area contributed by atoms with E-state index in [2.05, 4.69) is 20.6 Å². The van der Waals surface area contributed by atoms with E-state index in [0.717, 1.165) is 24.2 Å². The van der Waals surface area contributed by atoms with E-state index in [1.165, 1.54) is 12.5 Å². The van der Waals surface area contributed by atoms with Crippen LogP contribution in [0.25, 0.3) is 0 Å². The number of hydrogen-bond acceptors (Lipinski definition) is 6. The molecule has 0 saturated heterocycles. The first kappa shape index (κ1) is 23.8. The van der Waals surface area contributed by atoms with E-state index in [4.69, 9.17) is 16.3 Å². The van der Waals surface area contributed by atoms with Crippen LogP contribution in [-0.2, 0) is 17.9 Å². The zero-order valence-electron chi connectivity index (χ0n) is 19.8. The van der Waals surface area contributed by atoms with Gasteiger partial charge in [-0.1, -0.05) is 23.7 Å². The van der Waals surface area contributed by atoms with Crippen LogP contribution in [0.1, 0.15) is 46.3 Å². The topological polar surface area (TPSA) is 118 Å². The number of amides is 3. The Balaban J connectivity index is 1.37. The maximum Gasteiger partial charge on any atom is 0.277 e. The van der Waals surface area contributed by atoms with Crippen molar-refractivity contribution in [2.45, 2.75) is 44.4 Å². The fraction of sp³-hybridized carbons (Fsp3) is 0.320. The Labute approximate surface area is 212 Å². The first-order valence-corrected chi connectivity index (χ1v) is 11.9. The molecule has 0 bridgehead atoms. The van der Waals surface area contributed by atoms with E-state index in [0.29, 0.717) is 11.6 Å². The summed E-state index contributed by atoms with van der Waals surface area (Å²) in [4.78, 5) is 50.0. The number of hydrogen-bond donors (Lipinski definition) is 2. The van der Waals surface area contributed by atoms with Crippen LogP contribution < -0.4 is 15.4 Å². The molecule has 3 heterocycles. The second-order valence-electron chi connectivity index (χ2n) is 9.10. The molecule has 10 nitrogen and oxygen atoms in total. The molecule has 3 amide bonds. The van der Waals surface area contributed by atoms with Gasteiger partial charge >= 0.3 is 0 Å². The lowest BCUT2D eigenvalue weighted by Crippen LogP contribution is -2.64. The highest BCUT2D eigenvalue weighted by atomic mass is 35.5. The second-order valence-corrected chi connectivity index (χ2v) is 9.53. The van der Waals surface area contributed by atoms with Gasteiger partial charge in [-0.3, -0.25) is 14.4 Å². The molecule has 3 aromatic rings. The summed E-state index contributed by atoms with van der Waals surface area (Å²) in [5.74, 6) is -0.201. The number of rotatable bonds is 7. The largest absolute Gasteiger partial charge is 0.497 e. The smallest absolute Gasteiger partial charge is 0.277 e. The maximum atomic E-state index is 13.7. The molecule has 2 aliphatic rings. The van der Waals surface area contributed by atoms with Crippen LogP contribution >= 0.6 is 11.6 Å². The monoisotopic (exact) mass is 508 g/mol. The van der Waals surface area contributed by atoms with Crippen molar-refractivity contribution in [2.75, 3.05) is 12.4 Å². The predicted octanol–water partition coefficient (Wildman–Crippen LogP) is 2.89. The van der Waals surface area contributed by atoms with Crippen molar-refractivity contribution in [2.24, 2.45) is 0 Å². The van der Waals surface area contributed by atoms with E-state index in [-0.39, 0.29) is 35.7 Å². The molecule has 1 fully saturated rings. The molecule has 36 heavy (non-hydrogen) atoms. The number of anilines is 1. The Bertz CT molecular complexity index is 1320. The summed E-state index contributed by atoms with van der Waals surface area (Å²) in [6.07, 6.45) is 4.45. The molecule has 186 valence electrons. The number of aromatic nitrogens is 3. The fourth-order valence-electron chi connectivity index (χ4n) is 4.46. The van der Waals surface area contributed by atoms with Gasteiger partial charge in [0, 0.05) is 18.8 Å². The van der Waals surface area contributed by atoms with Gasteiger partial charge in [-0.2, -0.15) is 0 Å². The predicted molar refractivity (Wildman–Crippen MR) is 132 cm³/mol. The third-order valence-electron chi connectivity index (χ3n) is 6.47. The van der Waals surface area contributed by atoms with Gasteiger partial charge in [0.2, 0.25) is 5.91 Å². The third-order valence-corrected chi connectivity index (χ3v) is 6.69. The number of carbonyl (C=O) groups excluding carboxylic acids is 3. The highest BCUT2D eigenvalue weighted by Crippen LogP contribution is 2.39. The SMILES string of the molecule is COc1ccc(CNC(=O)[C@]2(C)Cn3cnc(C(=O)Nc4ccc(Cl)cn4)c3C(=O)N2C2CC2)cc1. The Morgan fingerprint density at radius 3 is 2.56 bits per heavy atom. The third kappa shape index (κ3) is 4.39. The fourth-order valence-corrected chi connectivity index (χ4v) is 4.57. The maximum absolute atomic E-state index is 13.7. The van der Waals surface area contributed by atoms with Crippen LogP contribution in [0.2, 0.25) is 5.02 Å². The average molecular weight is 509 g/mol. The summed E-state index contributed by atoms with van der Waals surface area (Å²) in [7, 11) is 1.60. The highest BCUT2D eigenvalue weighted by Gasteiger charge is 2.53. The lowest BCUT2D eigenvalue weighted by Gasteiger charge is -2.44. The molecular formula is C25H25ClN6O4. The molecule has 2 aromatic heterocycles. The van der Waals surface area contributed by atoms with E-state index >= 15 is 0 Å². The summed E-state index contributed by atoms with van der Waals surface area (Å²) < 4.78 is 6.76. The van der Waals surface area contributed by atoms with E-state index < -0.39 is 17.4 Å². The molecule has 0 unspecified atom stereocenters. The van der Waals surface area contributed by atoms with Crippen LogP contribution in [-0.4, -0.2) is 55.8 Å². The molecule has 1 aliphatic heterocycles. The van der Waals surface area contributed by atoms with E-state index in [9.17, 15) is 14.4 Å². The zero-order valence-corrected chi connectivity index (χ0v) is 20.6. The van der Waals surface area contributed by atoms with Crippen molar-refractivity contribution in [3.8, 4) is 5.75 Å². The molecule has 5 rings (SSSR count). The number of benzene rings is 1. The molecular weight excluding hydrogens is 484 g/mol. The number of methoxy groups -OCH3 is 1. The summed E-state index contributed by atoms with van der Waals surface area (Å²) in [5, 5.41) is 6.06. The second kappa shape index (κ2) is 9.27. The minimum absolute atomic E-state index is 0.0110. The van der Waals surface area contributed by atoms with Gasteiger partial charge in [0.1, 0.15) is 22.8 Å². The summed E-state index contributed by atoms with van der Waals surface area (Å²) >= 11 is 5.86. The molecule has 2 N–H and O–H groups in total. The normalized spacial score (nSPS) is 19.0. The molecule has 1 aromatic carbocycles. The summed E-state index contributed by atoms with van der Waals surface area (Å²) in [6, 6.07) is 10.5.